The van der Waals surface area contributed by atoms with Crippen molar-refractivity contribution in [1.82, 2.24) is 9.38 Å². The van der Waals surface area contributed by atoms with Crippen molar-refractivity contribution < 1.29 is 9.53 Å². The molecule has 20 heavy (non-hydrogen) atoms. The molecule has 0 aromatic carbocycles. The molecule has 2 aromatic heterocycles. The van der Waals surface area contributed by atoms with Gasteiger partial charge in [-0.15, -0.1) is 0 Å². The molecule has 1 atom stereocenters. The van der Waals surface area contributed by atoms with Gasteiger partial charge in [0.15, 0.2) is 0 Å². The van der Waals surface area contributed by atoms with Crippen LogP contribution in [0.4, 0.5) is 0 Å². The minimum Gasteiger partial charge on any atom is -0.465 e. The Morgan fingerprint density at radius 2 is 2.00 bits per heavy atom. The van der Waals surface area contributed by atoms with E-state index in [9.17, 15) is 4.79 Å². The first-order chi connectivity index (χ1) is 9.43. The number of hydrogen-bond acceptors (Lipinski definition) is 3. The molecule has 0 spiro atoms. The normalized spacial score (nSPS) is 12.9. The predicted octanol–water partition coefficient (Wildman–Crippen LogP) is 3.25. The van der Waals surface area contributed by atoms with Crippen LogP contribution in [-0.4, -0.2) is 22.0 Å². The molecule has 0 aliphatic rings. The smallest absolute Gasteiger partial charge is 0.315 e. The second-order valence-electron chi connectivity index (χ2n) is 5.54. The third-order valence-electron chi connectivity index (χ3n) is 3.61. The summed E-state index contributed by atoms with van der Waals surface area (Å²) in [5, 5.41) is 0. The van der Waals surface area contributed by atoms with Crippen molar-refractivity contribution in [2.75, 3.05) is 6.61 Å². The summed E-state index contributed by atoms with van der Waals surface area (Å²) in [6.07, 6.45) is 3.98. The van der Waals surface area contributed by atoms with Crippen molar-refractivity contribution in [3.8, 4) is 0 Å². The van der Waals surface area contributed by atoms with Crippen LogP contribution in [0.3, 0.4) is 0 Å². The molecule has 2 rings (SSSR count). The average Bonchev–Trinajstić information content (AvgIpc) is 2.72. The number of aryl methyl sites for hydroxylation is 2. The van der Waals surface area contributed by atoms with Crippen molar-refractivity contribution in [2.24, 2.45) is 5.92 Å². The summed E-state index contributed by atoms with van der Waals surface area (Å²) in [7, 11) is 0. The number of hydrogen-bond donors (Lipinski definition) is 0. The van der Waals surface area contributed by atoms with Crippen molar-refractivity contribution in [2.45, 2.75) is 40.5 Å². The van der Waals surface area contributed by atoms with E-state index in [0.717, 1.165) is 11.3 Å². The lowest BCUT2D eigenvalue weighted by molar-refractivity contribution is -0.146. The van der Waals surface area contributed by atoms with Crippen LogP contribution in [0.25, 0.3) is 5.65 Å². The molecule has 108 valence electrons. The second-order valence-corrected chi connectivity index (χ2v) is 5.54. The van der Waals surface area contributed by atoms with Gasteiger partial charge < -0.3 is 9.14 Å². The number of imidazole rings is 1. The third kappa shape index (κ3) is 2.69. The van der Waals surface area contributed by atoms with Crippen LogP contribution in [0.15, 0.2) is 18.5 Å². The number of carbonyl (C=O) groups excluding carboxylic acids is 1. The fraction of sp³-hybridized carbons (Fsp3) is 0.500. The third-order valence-corrected chi connectivity index (χ3v) is 3.61. The Kier molecular flexibility index (Phi) is 4.12. The maximum atomic E-state index is 12.1. The van der Waals surface area contributed by atoms with Gasteiger partial charge in [0, 0.05) is 12.4 Å². The van der Waals surface area contributed by atoms with Gasteiger partial charge in [-0.1, -0.05) is 13.8 Å². The Hall–Kier alpha value is -1.84. The number of ether oxygens (including phenoxy) is 1. The maximum Gasteiger partial charge on any atom is 0.315 e. The molecular formula is C16H22N2O2. The number of esters is 1. The molecular weight excluding hydrogens is 252 g/mol. The predicted molar refractivity (Wildman–Crippen MR) is 78.9 cm³/mol. The summed E-state index contributed by atoms with van der Waals surface area (Å²) >= 11 is 0. The maximum absolute atomic E-state index is 12.1. The molecule has 0 amide bonds. The lowest BCUT2D eigenvalue weighted by Crippen LogP contribution is -2.21. The highest BCUT2D eigenvalue weighted by Crippen LogP contribution is 2.26. The van der Waals surface area contributed by atoms with E-state index in [1.165, 1.54) is 11.1 Å². The van der Waals surface area contributed by atoms with Gasteiger partial charge in [-0.05, 0) is 43.9 Å². The Morgan fingerprint density at radius 3 is 2.60 bits per heavy atom. The van der Waals surface area contributed by atoms with Crippen LogP contribution in [0, 0.1) is 19.8 Å². The molecule has 4 nitrogen and oxygen atoms in total. The first kappa shape index (κ1) is 14.6. The first-order valence-corrected chi connectivity index (χ1v) is 7.06. The van der Waals surface area contributed by atoms with E-state index in [1.54, 1.807) is 0 Å². The molecule has 0 saturated heterocycles. The van der Waals surface area contributed by atoms with Crippen LogP contribution < -0.4 is 0 Å². The van der Waals surface area contributed by atoms with Crippen molar-refractivity contribution >= 4 is 11.6 Å². The lowest BCUT2D eigenvalue weighted by Gasteiger charge is -2.16. The summed E-state index contributed by atoms with van der Waals surface area (Å²) in [5.41, 5.74) is 4.06. The van der Waals surface area contributed by atoms with Crippen molar-refractivity contribution in [3.05, 3.63) is 35.3 Å². The highest BCUT2D eigenvalue weighted by atomic mass is 16.5. The van der Waals surface area contributed by atoms with Crippen LogP contribution in [0.2, 0.25) is 0 Å². The standard InChI is InChI=1S/C16H22N2O2/c1-6-20-16(19)15(10(2)3)13-9-18-8-12(5)11(4)7-14(18)17-13/h7-10,15H,6H2,1-5H3. The largest absolute Gasteiger partial charge is 0.465 e. The summed E-state index contributed by atoms with van der Waals surface area (Å²) in [5.74, 6) is -0.351. The zero-order chi connectivity index (χ0) is 14.9. The van der Waals surface area contributed by atoms with E-state index >= 15 is 0 Å². The molecule has 0 N–H and O–H groups in total. The van der Waals surface area contributed by atoms with Gasteiger partial charge in [0.1, 0.15) is 11.6 Å². The number of nitrogens with zero attached hydrogens (tertiary/aromatic N) is 2. The van der Waals surface area contributed by atoms with Gasteiger partial charge in [-0.25, -0.2) is 4.98 Å². The molecule has 0 aliphatic carbocycles. The van der Waals surface area contributed by atoms with Gasteiger partial charge >= 0.3 is 5.97 Å². The molecule has 0 saturated carbocycles. The Bertz CT molecular complexity index is 590. The van der Waals surface area contributed by atoms with Crippen molar-refractivity contribution in [1.29, 1.82) is 0 Å². The lowest BCUT2D eigenvalue weighted by atomic mass is 9.93. The Labute approximate surface area is 119 Å². The monoisotopic (exact) mass is 274 g/mol. The van der Waals surface area contributed by atoms with Crippen LogP contribution in [0.5, 0.6) is 0 Å². The van der Waals surface area contributed by atoms with E-state index in [-0.39, 0.29) is 17.8 Å². The van der Waals surface area contributed by atoms with Gasteiger partial charge in [-0.2, -0.15) is 0 Å². The summed E-state index contributed by atoms with van der Waals surface area (Å²) < 4.78 is 7.15. The Balaban J connectivity index is 2.46. The highest BCUT2D eigenvalue weighted by molar-refractivity contribution is 5.78. The van der Waals surface area contributed by atoms with E-state index in [1.807, 2.05) is 43.6 Å². The molecule has 2 aromatic rings. The summed E-state index contributed by atoms with van der Waals surface area (Å²) in [6, 6.07) is 2.04. The molecule has 4 heteroatoms. The Morgan fingerprint density at radius 1 is 1.30 bits per heavy atom. The molecule has 1 unspecified atom stereocenters. The van der Waals surface area contributed by atoms with E-state index in [4.69, 9.17) is 4.74 Å². The molecule has 0 fully saturated rings. The zero-order valence-corrected chi connectivity index (χ0v) is 12.8. The van der Waals surface area contributed by atoms with Crippen LogP contribution >= 0.6 is 0 Å². The molecule has 0 bridgehead atoms. The van der Waals surface area contributed by atoms with E-state index < -0.39 is 0 Å². The van der Waals surface area contributed by atoms with E-state index in [0.29, 0.717) is 6.61 Å². The first-order valence-electron chi connectivity index (χ1n) is 7.06. The zero-order valence-electron chi connectivity index (χ0n) is 12.8. The number of aromatic nitrogens is 2. The summed E-state index contributed by atoms with van der Waals surface area (Å²) in [4.78, 5) is 16.7. The van der Waals surface area contributed by atoms with Gasteiger partial charge in [0.2, 0.25) is 0 Å². The topological polar surface area (TPSA) is 43.6 Å². The average molecular weight is 274 g/mol. The molecule has 2 heterocycles. The van der Waals surface area contributed by atoms with Gasteiger partial charge in [-0.3, -0.25) is 4.79 Å². The molecule has 0 radical (unpaired) electrons. The number of fused-ring (bicyclic) bond motifs is 1. The SMILES string of the molecule is CCOC(=O)C(c1cn2cc(C)c(C)cc2n1)C(C)C. The number of pyridine rings is 1. The summed E-state index contributed by atoms with van der Waals surface area (Å²) in [6.45, 7) is 10.4. The van der Waals surface area contributed by atoms with E-state index in [2.05, 4.69) is 18.8 Å². The second kappa shape index (κ2) is 5.65. The highest BCUT2D eigenvalue weighted by Gasteiger charge is 2.28. The molecule has 0 aliphatic heterocycles. The number of carbonyl (C=O) groups is 1. The fourth-order valence-corrected chi connectivity index (χ4v) is 2.37. The van der Waals surface area contributed by atoms with Gasteiger partial charge in [0.25, 0.3) is 0 Å². The minimum atomic E-state index is -0.310. The van der Waals surface area contributed by atoms with Gasteiger partial charge in [0.05, 0.1) is 12.3 Å². The number of rotatable bonds is 4. The van der Waals surface area contributed by atoms with Crippen LogP contribution in [0.1, 0.15) is 43.5 Å². The minimum absolute atomic E-state index is 0.154. The van der Waals surface area contributed by atoms with Crippen LogP contribution in [-0.2, 0) is 9.53 Å². The van der Waals surface area contributed by atoms with Crippen molar-refractivity contribution in [3.63, 3.8) is 0 Å². The fourth-order valence-electron chi connectivity index (χ4n) is 2.37. The quantitative estimate of drug-likeness (QED) is 0.804.